The van der Waals surface area contributed by atoms with Crippen LogP contribution in [0.5, 0.6) is 0 Å². The van der Waals surface area contributed by atoms with Crippen molar-refractivity contribution in [2.75, 3.05) is 0 Å². The zero-order valence-electron chi connectivity index (χ0n) is 25.5. The Kier molecular flexibility index (Phi) is 6.07. The van der Waals surface area contributed by atoms with Gasteiger partial charge in [-0.15, -0.1) is 0 Å². The molecule has 9 aromatic rings. The molecule has 0 fully saturated rings. The maximum absolute atomic E-state index is 4.96. The Hall–Kier alpha value is -5.99. The second-order valence-electron chi connectivity index (χ2n) is 12.0. The van der Waals surface area contributed by atoms with Gasteiger partial charge in [-0.2, -0.15) is 0 Å². The second kappa shape index (κ2) is 10.6. The van der Waals surface area contributed by atoms with E-state index in [1.54, 1.807) is 0 Å². The lowest BCUT2D eigenvalue weighted by atomic mass is 9.85. The number of hydrogen-bond donors (Lipinski definition) is 0. The molecule has 0 radical (unpaired) electrons. The zero-order chi connectivity index (χ0) is 30.6. The number of rotatable bonds is 4. The topological polar surface area (TPSA) is 17.8 Å². The Balaban J connectivity index is 1.23. The van der Waals surface area contributed by atoms with Crippen LogP contribution in [0.1, 0.15) is 5.82 Å². The molecule has 0 aliphatic carbocycles. The molecule has 2 heteroatoms. The van der Waals surface area contributed by atoms with Gasteiger partial charge in [0.1, 0.15) is 5.82 Å². The molecule has 0 N–H and O–H groups in total. The third kappa shape index (κ3) is 4.22. The minimum Gasteiger partial charge on any atom is -0.297 e. The summed E-state index contributed by atoms with van der Waals surface area (Å²) >= 11 is 0. The van der Waals surface area contributed by atoms with Gasteiger partial charge in [0.15, 0.2) is 0 Å². The quantitative estimate of drug-likeness (QED) is 0.188. The number of benzene rings is 8. The number of para-hydroxylation sites is 1. The number of hydrogen-bond acceptors (Lipinski definition) is 1. The standard InChI is InChI=1S/C44H30N2/c1-29-45-41-28-33(24-25-42(41)46(29)36-16-3-2-4-17-36)32-14-11-15-34(27-32)43-37-18-7-9-20-39(37)44(40-21-10-8-19-38(40)43)35-23-22-30-12-5-6-13-31(30)26-35/h2-28H,1H3. The summed E-state index contributed by atoms with van der Waals surface area (Å²) in [6, 6.07) is 59.3. The van der Waals surface area contributed by atoms with E-state index >= 15 is 0 Å². The molecule has 0 atom stereocenters. The van der Waals surface area contributed by atoms with E-state index in [1.807, 2.05) is 6.07 Å². The van der Waals surface area contributed by atoms with Gasteiger partial charge in [-0.05, 0) is 109 Å². The largest absolute Gasteiger partial charge is 0.297 e. The van der Waals surface area contributed by atoms with Gasteiger partial charge in [-0.1, -0.05) is 127 Å². The van der Waals surface area contributed by atoms with Gasteiger partial charge in [-0.3, -0.25) is 4.57 Å². The fourth-order valence-electron chi connectivity index (χ4n) is 7.23. The molecule has 1 heterocycles. The van der Waals surface area contributed by atoms with E-state index in [0.29, 0.717) is 0 Å². The molecule has 0 saturated heterocycles. The van der Waals surface area contributed by atoms with Gasteiger partial charge in [0, 0.05) is 5.69 Å². The van der Waals surface area contributed by atoms with Crippen LogP contribution < -0.4 is 0 Å². The second-order valence-corrected chi connectivity index (χ2v) is 12.0. The SMILES string of the molecule is Cc1nc2cc(-c3cccc(-c4c5ccccc5c(-c5ccc6ccccc6c5)c5ccccc45)c3)ccc2n1-c1ccccc1. The van der Waals surface area contributed by atoms with Crippen molar-refractivity contribution >= 4 is 43.4 Å². The molecular formula is C44H30N2. The molecule has 216 valence electrons. The van der Waals surface area contributed by atoms with Gasteiger partial charge >= 0.3 is 0 Å². The molecule has 8 aromatic carbocycles. The molecule has 1 aromatic heterocycles. The van der Waals surface area contributed by atoms with Gasteiger partial charge < -0.3 is 0 Å². The molecule has 2 nitrogen and oxygen atoms in total. The summed E-state index contributed by atoms with van der Waals surface area (Å²) in [5, 5.41) is 7.56. The first-order chi connectivity index (χ1) is 22.7. The third-order valence-corrected chi connectivity index (χ3v) is 9.29. The fourth-order valence-corrected chi connectivity index (χ4v) is 7.23. The molecule has 0 saturated carbocycles. The summed E-state index contributed by atoms with van der Waals surface area (Å²) in [7, 11) is 0. The van der Waals surface area contributed by atoms with Crippen LogP contribution in [0.2, 0.25) is 0 Å². The molecule has 46 heavy (non-hydrogen) atoms. The van der Waals surface area contributed by atoms with E-state index in [2.05, 4.69) is 169 Å². The third-order valence-electron chi connectivity index (χ3n) is 9.29. The molecule has 0 spiro atoms. The molecule has 9 rings (SSSR count). The highest BCUT2D eigenvalue weighted by Crippen LogP contribution is 2.44. The summed E-state index contributed by atoms with van der Waals surface area (Å²) in [5.41, 5.74) is 10.6. The first kappa shape index (κ1) is 26.4. The maximum Gasteiger partial charge on any atom is 0.111 e. The number of aromatic nitrogens is 2. The van der Waals surface area contributed by atoms with Gasteiger partial charge in [-0.25, -0.2) is 4.98 Å². The lowest BCUT2D eigenvalue weighted by Crippen LogP contribution is -1.95. The lowest BCUT2D eigenvalue weighted by Gasteiger charge is -2.18. The maximum atomic E-state index is 4.96. The van der Waals surface area contributed by atoms with E-state index in [-0.39, 0.29) is 0 Å². The van der Waals surface area contributed by atoms with E-state index < -0.39 is 0 Å². The number of imidazole rings is 1. The van der Waals surface area contributed by atoms with Crippen LogP contribution in [0.15, 0.2) is 164 Å². The number of fused-ring (bicyclic) bond motifs is 4. The molecule has 0 aliphatic heterocycles. The smallest absolute Gasteiger partial charge is 0.111 e. The molecule has 0 bridgehead atoms. The van der Waals surface area contributed by atoms with Crippen molar-refractivity contribution in [1.82, 2.24) is 9.55 Å². The van der Waals surface area contributed by atoms with Crippen molar-refractivity contribution in [2.24, 2.45) is 0 Å². The van der Waals surface area contributed by atoms with Gasteiger partial charge in [0.2, 0.25) is 0 Å². The Labute approximate surface area is 267 Å². The summed E-state index contributed by atoms with van der Waals surface area (Å²) in [6.07, 6.45) is 0. The van der Waals surface area contributed by atoms with Crippen LogP contribution in [0, 0.1) is 6.92 Å². The van der Waals surface area contributed by atoms with Gasteiger partial charge in [0.25, 0.3) is 0 Å². The summed E-state index contributed by atoms with van der Waals surface area (Å²) in [6.45, 7) is 2.07. The van der Waals surface area contributed by atoms with Crippen LogP contribution in [-0.2, 0) is 0 Å². The lowest BCUT2D eigenvalue weighted by molar-refractivity contribution is 1.00. The van der Waals surface area contributed by atoms with Crippen LogP contribution in [0.3, 0.4) is 0 Å². The van der Waals surface area contributed by atoms with Gasteiger partial charge in [0.05, 0.1) is 11.0 Å². The highest BCUT2D eigenvalue weighted by Gasteiger charge is 2.17. The molecule has 0 unspecified atom stereocenters. The van der Waals surface area contributed by atoms with Crippen LogP contribution in [0.25, 0.3) is 82.4 Å². The summed E-state index contributed by atoms with van der Waals surface area (Å²) < 4.78 is 2.23. The highest BCUT2D eigenvalue weighted by molar-refractivity contribution is 6.21. The van der Waals surface area contributed by atoms with Crippen molar-refractivity contribution in [2.45, 2.75) is 6.92 Å². The van der Waals surface area contributed by atoms with Crippen molar-refractivity contribution in [3.63, 3.8) is 0 Å². The highest BCUT2D eigenvalue weighted by atomic mass is 15.1. The van der Waals surface area contributed by atoms with Crippen molar-refractivity contribution in [3.8, 4) is 39.1 Å². The Morgan fingerprint density at radius 2 is 0.957 bits per heavy atom. The fraction of sp³-hybridized carbons (Fsp3) is 0.0227. The predicted octanol–water partition coefficient (Wildman–Crippen LogP) is 11.8. The minimum absolute atomic E-state index is 0.983. The zero-order valence-corrected chi connectivity index (χ0v) is 25.5. The van der Waals surface area contributed by atoms with Crippen LogP contribution in [-0.4, -0.2) is 9.55 Å². The Morgan fingerprint density at radius 3 is 1.65 bits per heavy atom. The van der Waals surface area contributed by atoms with Crippen LogP contribution in [0.4, 0.5) is 0 Å². The van der Waals surface area contributed by atoms with Crippen molar-refractivity contribution in [1.29, 1.82) is 0 Å². The molecule has 0 amide bonds. The van der Waals surface area contributed by atoms with Crippen molar-refractivity contribution < 1.29 is 0 Å². The first-order valence-corrected chi connectivity index (χ1v) is 15.8. The average Bonchev–Trinajstić information content (AvgIpc) is 3.45. The monoisotopic (exact) mass is 586 g/mol. The van der Waals surface area contributed by atoms with Crippen molar-refractivity contribution in [3.05, 3.63) is 170 Å². The van der Waals surface area contributed by atoms with Crippen LogP contribution >= 0.6 is 0 Å². The summed E-state index contributed by atoms with van der Waals surface area (Å²) in [4.78, 5) is 4.96. The average molecular weight is 587 g/mol. The minimum atomic E-state index is 0.983. The Bertz CT molecular complexity index is 2530. The normalized spacial score (nSPS) is 11.6. The number of nitrogens with zero attached hydrogens (tertiary/aromatic N) is 2. The van der Waals surface area contributed by atoms with E-state index in [0.717, 1.165) is 28.1 Å². The van der Waals surface area contributed by atoms with E-state index in [1.165, 1.54) is 60.1 Å². The number of aryl methyl sites for hydroxylation is 1. The molecule has 0 aliphatic rings. The summed E-state index contributed by atoms with van der Waals surface area (Å²) in [5.74, 6) is 0.983. The molecular weight excluding hydrogens is 556 g/mol. The predicted molar refractivity (Wildman–Crippen MR) is 195 cm³/mol. The first-order valence-electron chi connectivity index (χ1n) is 15.8. The Morgan fingerprint density at radius 1 is 0.413 bits per heavy atom. The van der Waals surface area contributed by atoms with E-state index in [4.69, 9.17) is 4.98 Å². The van der Waals surface area contributed by atoms with E-state index in [9.17, 15) is 0 Å².